The van der Waals surface area contributed by atoms with Gasteiger partial charge in [-0.25, -0.2) is 0 Å². The van der Waals surface area contributed by atoms with Crippen molar-refractivity contribution in [3.63, 3.8) is 0 Å². The van der Waals surface area contributed by atoms with Crippen LogP contribution in [0.4, 0.5) is 0 Å². The minimum Gasteiger partial charge on any atom is -0.497 e. The summed E-state index contributed by atoms with van der Waals surface area (Å²) < 4.78 is 10.6. The summed E-state index contributed by atoms with van der Waals surface area (Å²) in [6.45, 7) is 2.90. The lowest BCUT2D eigenvalue weighted by atomic mass is 10.1. The molecule has 0 N–H and O–H groups in total. The number of rotatable bonds is 3. The summed E-state index contributed by atoms with van der Waals surface area (Å²) in [5.74, 6) is 0.715. The molecule has 2 heterocycles. The van der Waals surface area contributed by atoms with Crippen LogP contribution in [0, 0.1) is 0 Å². The van der Waals surface area contributed by atoms with Crippen molar-refractivity contribution in [2.45, 2.75) is 18.9 Å². The predicted octanol–water partition coefficient (Wildman–Crippen LogP) is 1.16. The number of methoxy groups -OCH3 is 1. The molecule has 3 rings (SSSR count). The molecule has 2 aliphatic rings. The van der Waals surface area contributed by atoms with Crippen LogP contribution in [0.2, 0.25) is 0 Å². The Morgan fingerprint density at radius 3 is 2.57 bits per heavy atom. The van der Waals surface area contributed by atoms with Crippen molar-refractivity contribution in [3.05, 3.63) is 29.8 Å². The SMILES string of the molecule is COc1cccc(C(=O)N2CCN(C(=O)[C@@H]3CCCO3)CC2)c1. The molecule has 0 unspecified atom stereocenters. The maximum absolute atomic E-state index is 12.5. The first kappa shape index (κ1) is 15.8. The second-order valence-corrected chi connectivity index (χ2v) is 5.85. The number of hydrogen-bond acceptors (Lipinski definition) is 4. The van der Waals surface area contributed by atoms with E-state index in [1.807, 2.05) is 17.0 Å². The second kappa shape index (κ2) is 7.00. The molecule has 0 spiro atoms. The normalized spacial score (nSPS) is 21.3. The zero-order valence-electron chi connectivity index (χ0n) is 13.4. The van der Waals surface area contributed by atoms with Gasteiger partial charge >= 0.3 is 0 Å². The fourth-order valence-electron chi connectivity index (χ4n) is 3.04. The van der Waals surface area contributed by atoms with Crippen LogP contribution in [-0.2, 0) is 9.53 Å². The molecular weight excluding hydrogens is 296 g/mol. The zero-order valence-corrected chi connectivity index (χ0v) is 13.4. The van der Waals surface area contributed by atoms with Gasteiger partial charge in [-0.1, -0.05) is 6.07 Å². The van der Waals surface area contributed by atoms with Crippen molar-refractivity contribution in [2.24, 2.45) is 0 Å². The Labute approximate surface area is 136 Å². The molecule has 0 bridgehead atoms. The van der Waals surface area contributed by atoms with Crippen molar-refractivity contribution in [3.8, 4) is 5.75 Å². The number of ether oxygens (including phenoxy) is 2. The van der Waals surface area contributed by atoms with Gasteiger partial charge in [0.05, 0.1) is 7.11 Å². The molecule has 0 aromatic heterocycles. The molecule has 0 saturated carbocycles. The number of hydrogen-bond donors (Lipinski definition) is 0. The van der Waals surface area contributed by atoms with E-state index < -0.39 is 0 Å². The van der Waals surface area contributed by atoms with E-state index in [1.165, 1.54) is 0 Å². The lowest BCUT2D eigenvalue weighted by Gasteiger charge is -2.35. The molecule has 2 fully saturated rings. The topological polar surface area (TPSA) is 59.1 Å². The summed E-state index contributed by atoms with van der Waals surface area (Å²) in [6.07, 6.45) is 1.47. The third-order valence-corrected chi connectivity index (χ3v) is 4.40. The van der Waals surface area contributed by atoms with E-state index in [1.54, 1.807) is 24.1 Å². The van der Waals surface area contributed by atoms with E-state index in [2.05, 4.69) is 0 Å². The number of nitrogens with zero attached hydrogens (tertiary/aromatic N) is 2. The van der Waals surface area contributed by atoms with Crippen molar-refractivity contribution in [1.82, 2.24) is 9.80 Å². The Morgan fingerprint density at radius 1 is 1.17 bits per heavy atom. The highest BCUT2D eigenvalue weighted by Crippen LogP contribution is 2.18. The third kappa shape index (κ3) is 3.47. The summed E-state index contributed by atoms with van der Waals surface area (Å²) >= 11 is 0. The number of piperazine rings is 1. The minimum absolute atomic E-state index is 0.0203. The van der Waals surface area contributed by atoms with Gasteiger partial charge in [0.2, 0.25) is 0 Å². The van der Waals surface area contributed by atoms with Gasteiger partial charge in [0.15, 0.2) is 0 Å². The molecule has 2 saturated heterocycles. The van der Waals surface area contributed by atoms with Gasteiger partial charge in [0, 0.05) is 38.3 Å². The lowest BCUT2D eigenvalue weighted by Crippen LogP contribution is -2.52. The van der Waals surface area contributed by atoms with Gasteiger partial charge in [0.25, 0.3) is 11.8 Å². The van der Waals surface area contributed by atoms with Crippen LogP contribution in [0.25, 0.3) is 0 Å². The van der Waals surface area contributed by atoms with Gasteiger partial charge < -0.3 is 19.3 Å². The fraction of sp³-hybridized carbons (Fsp3) is 0.529. The fourth-order valence-corrected chi connectivity index (χ4v) is 3.04. The Morgan fingerprint density at radius 2 is 1.91 bits per heavy atom. The molecular formula is C17H22N2O4. The molecule has 1 aromatic rings. The van der Waals surface area contributed by atoms with Gasteiger partial charge in [-0.3, -0.25) is 9.59 Å². The summed E-state index contributed by atoms with van der Waals surface area (Å²) in [5, 5.41) is 0. The first-order valence-corrected chi connectivity index (χ1v) is 8.03. The van der Waals surface area contributed by atoms with Crippen LogP contribution in [0.1, 0.15) is 23.2 Å². The van der Waals surface area contributed by atoms with E-state index in [0.717, 1.165) is 12.8 Å². The van der Waals surface area contributed by atoms with Crippen molar-refractivity contribution in [1.29, 1.82) is 0 Å². The molecule has 6 heteroatoms. The van der Waals surface area contributed by atoms with Gasteiger partial charge in [-0.15, -0.1) is 0 Å². The molecule has 0 aliphatic carbocycles. The molecule has 124 valence electrons. The molecule has 23 heavy (non-hydrogen) atoms. The average Bonchev–Trinajstić information content (AvgIpc) is 3.15. The predicted molar refractivity (Wildman–Crippen MR) is 84.5 cm³/mol. The largest absolute Gasteiger partial charge is 0.497 e. The standard InChI is InChI=1S/C17H22N2O4/c1-22-14-5-2-4-13(12-14)16(20)18-7-9-19(10-8-18)17(21)15-6-3-11-23-15/h2,4-5,12,15H,3,6-11H2,1H3/t15-/m0/s1. The number of carbonyl (C=O) groups is 2. The molecule has 2 amide bonds. The minimum atomic E-state index is -0.282. The Balaban J connectivity index is 1.57. The molecule has 1 aromatic carbocycles. The zero-order chi connectivity index (χ0) is 16.2. The molecule has 6 nitrogen and oxygen atoms in total. The maximum atomic E-state index is 12.5. The van der Waals surface area contributed by atoms with Crippen LogP contribution < -0.4 is 4.74 Å². The summed E-state index contributed by atoms with van der Waals surface area (Å²) in [5.41, 5.74) is 0.614. The van der Waals surface area contributed by atoms with Crippen LogP contribution in [0.15, 0.2) is 24.3 Å². The van der Waals surface area contributed by atoms with Gasteiger partial charge in [-0.05, 0) is 31.0 Å². The molecule has 0 radical (unpaired) electrons. The Hall–Kier alpha value is -2.08. The van der Waals surface area contributed by atoms with Crippen molar-refractivity contribution < 1.29 is 19.1 Å². The Kier molecular flexibility index (Phi) is 4.81. The van der Waals surface area contributed by atoms with Crippen LogP contribution >= 0.6 is 0 Å². The molecule has 1 atom stereocenters. The van der Waals surface area contributed by atoms with Crippen LogP contribution in [-0.4, -0.2) is 67.6 Å². The van der Waals surface area contributed by atoms with E-state index in [0.29, 0.717) is 44.1 Å². The third-order valence-electron chi connectivity index (χ3n) is 4.40. The van der Waals surface area contributed by atoms with Crippen LogP contribution in [0.3, 0.4) is 0 Å². The first-order chi connectivity index (χ1) is 11.2. The van der Waals surface area contributed by atoms with Gasteiger partial charge in [0.1, 0.15) is 11.9 Å². The van der Waals surface area contributed by atoms with Crippen molar-refractivity contribution >= 4 is 11.8 Å². The molecule has 2 aliphatic heterocycles. The highest BCUT2D eigenvalue weighted by atomic mass is 16.5. The lowest BCUT2D eigenvalue weighted by molar-refractivity contribution is -0.142. The average molecular weight is 318 g/mol. The highest BCUT2D eigenvalue weighted by Gasteiger charge is 2.31. The van der Waals surface area contributed by atoms with Crippen molar-refractivity contribution in [2.75, 3.05) is 39.9 Å². The number of carbonyl (C=O) groups excluding carboxylic acids is 2. The van der Waals surface area contributed by atoms with E-state index in [-0.39, 0.29) is 17.9 Å². The van der Waals surface area contributed by atoms with Gasteiger partial charge in [-0.2, -0.15) is 0 Å². The Bertz CT molecular complexity index is 576. The van der Waals surface area contributed by atoms with Crippen LogP contribution in [0.5, 0.6) is 5.75 Å². The second-order valence-electron chi connectivity index (χ2n) is 5.85. The first-order valence-electron chi connectivity index (χ1n) is 8.03. The highest BCUT2D eigenvalue weighted by molar-refractivity contribution is 5.94. The summed E-state index contributed by atoms with van der Waals surface area (Å²) in [7, 11) is 1.58. The van der Waals surface area contributed by atoms with E-state index in [9.17, 15) is 9.59 Å². The number of amides is 2. The quantitative estimate of drug-likeness (QED) is 0.839. The summed E-state index contributed by atoms with van der Waals surface area (Å²) in [4.78, 5) is 28.5. The monoisotopic (exact) mass is 318 g/mol. The summed E-state index contributed by atoms with van der Waals surface area (Å²) in [6, 6.07) is 7.15. The smallest absolute Gasteiger partial charge is 0.254 e. The van der Waals surface area contributed by atoms with E-state index >= 15 is 0 Å². The number of benzene rings is 1. The maximum Gasteiger partial charge on any atom is 0.254 e. The van der Waals surface area contributed by atoms with E-state index in [4.69, 9.17) is 9.47 Å².